The third kappa shape index (κ3) is 19.5. The molecular formula is C81H92N5O11S+. The Bertz CT molecular complexity index is 4280. The first-order valence-electron chi connectivity index (χ1n) is 32.9. The minimum Gasteiger partial charge on any atom is -0.478 e. The van der Waals surface area contributed by atoms with Gasteiger partial charge in [0, 0.05) is 95.6 Å². The van der Waals surface area contributed by atoms with E-state index >= 15 is 0 Å². The van der Waals surface area contributed by atoms with Crippen LogP contribution in [0.4, 0.5) is 11.4 Å². The molecule has 0 fully saturated rings. The number of thiocarbonyl (C=S) groups is 1. The number of allylic oxidation sites excluding steroid dienone is 7. The molecule has 512 valence electrons. The summed E-state index contributed by atoms with van der Waals surface area (Å²) in [4.78, 5) is 61.7. The number of unbranched alkanes of at least 4 members (excludes halogenated alkanes) is 2. The van der Waals surface area contributed by atoms with Crippen LogP contribution in [0.3, 0.4) is 0 Å². The van der Waals surface area contributed by atoms with Gasteiger partial charge >= 0.3 is 17.9 Å². The van der Waals surface area contributed by atoms with Gasteiger partial charge in [-0.1, -0.05) is 124 Å². The standard InChI is InChI=1S/C48H59N3O4.C25H18O5.C8H14N2O2S/c1-9-37-22-24-38(25-23-37)46(53)55-32-31-54-30-28-49-45(52)19-15-12-16-29-51-42-27-21-36(4)34-40(42)48(7,8)44(51)18-14-11-13-17-43-47(5,6)39-33-35(3)20-26-41(39)50(43)10-2;1-14(2)15(3)29-17-9-11-22-21(13-17)24(18-6-4-5-7-19(18)25(27)28)20-10-8-16(26)12-23(20)30-22;1-6(2)7(11)12-5-4-10-8(13)9-3/h9,11,13-14,17-18,20-27,33-34H,1,10,12,15-16,19,28-32H2,2-8H3;4-13H,1,3H2,2H3,(H,27,28);1,4-5H2,2-3H3,(H2,9,10,13)/p+1. The Morgan fingerprint density at radius 3 is 2.14 bits per heavy atom. The summed E-state index contributed by atoms with van der Waals surface area (Å²) < 4.78 is 29.8. The van der Waals surface area contributed by atoms with E-state index < -0.39 is 5.97 Å². The molecular weight excluding hydrogens is 1250 g/mol. The summed E-state index contributed by atoms with van der Waals surface area (Å²) in [5, 5.41) is 19.4. The SMILES string of the molecule is C=C(C)C(=C)Oc1ccc2oc3cc(=O)ccc-3c(-c3ccccc3C(=O)O)c2c1.C=C(C)C(=O)OCCNC(=S)NC.C=Cc1ccc(C(=O)OCCOCCNC(=O)CCCCC[N+]2=C(C=CC=CC=C3N(CC)c4ccc(C)cc4C3(C)C)C(C)(C)c3cc(C)ccc32)cc1. The zero-order chi connectivity index (χ0) is 71.3. The third-order valence-electron chi connectivity index (χ3n) is 16.8. The zero-order valence-electron chi connectivity index (χ0n) is 58.2. The molecule has 3 aliphatic heterocycles. The van der Waals surface area contributed by atoms with Crippen LogP contribution >= 0.6 is 12.2 Å². The maximum Gasteiger partial charge on any atom is 0.338 e. The second kappa shape index (κ2) is 35.1. The number of carbonyl (C=O) groups is 4. The van der Waals surface area contributed by atoms with Crippen LogP contribution in [0, 0.1) is 13.8 Å². The first kappa shape index (κ1) is 75.2. The molecule has 1 amide bonds. The number of anilines is 1. The molecule has 98 heavy (non-hydrogen) atoms. The smallest absolute Gasteiger partial charge is 0.338 e. The molecule has 0 radical (unpaired) electrons. The number of likely N-dealkylation sites (N-methyl/N-ethyl adjacent to an activating group) is 1. The van der Waals surface area contributed by atoms with E-state index in [1.165, 1.54) is 57.2 Å². The Morgan fingerprint density at radius 1 is 0.735 bits per heavy atom. The number of hydrogen-bond acceptors (Lipinski definition) is 12. The molecule has 0 atom stereocenters. The highest BCUT2D eigenvalue weighted by Crippen LogP contribution is 2.48. The molecule has 0 saturated carbocycles. The van der Waals surface area contributed by atoms with Gasteiger partial charge in [-0.05, 0) is 163 Å². The fourth-order valence-corrected chi connectivity index (χ4v) is 11.7. The number of nitrogens with one attached hydrogen (secondary N) is 3. The van der Waals surface area contributed by atoms with E-state index in [2.05, 4.69) is 167 Å². The van der Waals surface area contributed by atoms with Gasteiger partial charge in [0.2, 0.25) is 11.6 Å². The summed E-state index contributed by atoms with van der Waals surface area (Å²) in [6.07, 6.45) is 16.0. The minimum absolute atomic E-state index is 0.0279. The number of carboxylic acid groups (broad SMARTS) is 1. The van der Waals surface area contributed by atoms with E-state index in [1.54, 1.807) is 87.6 Å². The van der Waals surface area contributed by atoms with Crippen molar-refractivity contribution in [3.63, 3.8) is 0 Å². The number of hydrogen-bond donors (Lipinski definition) is 4. The number of benzene rings is 6. The molecule has 9 rings (SSSR count). The van der Waals surface area contributed by atoms with E-state index in [9.17, 15) is 29.1 Å². The van der Waals surface area contributed by atoms with E-state index in [0.29, 0.717) is 92.9 Å². The molecule has 5 aromatic carbocycles. The van der Waals surface area contributed by atoms with Crippen LogP contribution in [0.1, 0.15) is 123 Å². The highest BCUT2D eigenvalue weighted by molar-refractivity contribution is 7.80. The number of esters is 2. The summed E-state index contributed by atoms with van der Waals surface area (Å²) in [7, 11) is 1.72. The molecule has 3 heterocycles. The number of fused-ring (bicyclic) bond motifs is 4. The molecule has 4 aliphatic rings. The highest BCUT2D eigenvalue weighted by atomic mass is 32.1. The molecule has 0 aromatic heterocycles. The normalized spacial score (nSPS) is 13.6. The summed E-state index contributed by atoms with van der Waals surface area (Å²) in [6.45, 7) is 37.9. The topological polar surface area (TPSA) is 198 Å². The van der Waals surface area contributed by atoms with Gasteiger partial charge in [0.05, 0.1) is 36.3 Å². The number of aryl methyl sites for hydroxylation is 2. The largest absolute Gasteiger partial charge is 0.478 e. The first-order valence-corrected chi connectivity index (χ1v) is 33.3. The number of nitrogens with zero attached hydrogens (tertiary/aromatic N) is 2. The quantitative estimate of drug-likeness (QED) is 0.00554. The first-order chi connectivity index (χ1) is 46.8. The van der Waals surface area contributed by atoms with E-state index in [1.807, 2.05) is 12.1 Å². The number of amides is 1. The molecule has 16 nitrogen and oxygen atoms in total. The van der Waals surface area contributed by atoms with Gasteiger partial charge in [0.15, 0.2) is 16.3 Å². The van der Waals surface area contributed by atoms with Crippen molar-refractivity contribution in [3.8, 4) is 28.2 Å². The second-order valence-corrected chi connectivity index (χ2v) is 25.4. The van der Waals surface area contributed by atoms with Crippen molar-refractivity contribution in [1.29, 1.82) is 0 Å². The van der Waals surface area contributed by atoms with Crippen molar-refractivity contribution >= 4 is 75.3 Å². The van der Waals surface area contributed by atoms with Crippen LogP contribution in [0.5, 0.6) is 5.75 Å². The van der Waals surface area contributed by atoms with E-state index in [4.69, 9.17) is 35.6 Å². The minimum atomic E-state index is -1.05. The Balaban J connectivity index is 0.000000260. The van der Waals surface area contributed by atoms with Crippen LogP contribution in [-0.2, 0) is 34.6 Å². The summed E-state index contributed by atoms with van der Waals surface area (Å²) in [5.41, 5.74) is 15.1. The van der Waals surface area contributed by atoms with Crippen molar-refractivity contribution in [2.45, 2.75) is 98.8 Å². The zero-order valence-corrected chi connectivity index (χ0v) is 59.0. The van der Waals surface area contributed by atoms with E-state index in [-0.39, 0.29) is 59.5 Å². The molecule has 0 unspecified atom stereocenters. The Morgan fingerprint density at radius 2 is 1.45 bits per heavy atom. The summed E-state index contributed by atoms with van der Waals surface area (Å²) in [6, 6.07) is 37.1. The van der Waals surface area contributed by atoms with E-state index in [0.717, 1.165) is 37.9 Å². The Labute approximate surface area is 581 Å². The van der Waals surface area contributed by atoms with Gasteiger partial charge in [0.25, 0.3) is 0 Å². The lowest BCUT2D eigenvalue weighted by molar-refractivity contribution is -0.438. The van der Waals surface area contributed by atoms with Gasteiger partial charge in [-0.2, -0.15) is 4.58 Å². The Hall–Kier alpha value is -10.2. The van der Waals surface area contributed by atoms with Crippen LogP contribution < -0.4 is 31.0 Å². The average molecular weight is 1340 g/mol. The molecule has 17 heteroatoms. The highest BCUT2D eigenvalue weighted by Gasteiger charge is 2.44. The lowest BCUT2D eigenvalue weighted by atomic mass is 9.81. The fourth-order valence-electron chi connectivity index (χ4n) is 11.6. The maximum absolute atomic E-state index is 12.5. The summed E-state index contributed by atoms with van der Waals surface area (Å²) in [5.74, 6) is -0.463. The lowest BCUT2D eigenvalue weighted by Gasteiger charge is -2.25. The number of carboxylic acids is 1. The van der Waals surface area contributed by atoms with Crippen molar-refractivity contribution < 1.29 is 52.2 Å². The average Bonchev–Trinajstić information content (AvgIpc) is 1.27. The van der Waals surface area contributed by atoms with Crippen molar-refractivity contribution in [2.75, 3.05) is 64.6 Å². The monoisotopic (exact) mass is 1340 g/mol. The number of carbonyl (C=O) groups excluding carboxylic acids is 3. The number of ether oxygens (including phenoxy) is 4. The predicted molar refractivity (Wildman–Crippen MR) is 398 cm³/mol. The molecule has 0 saturated heterocycles. The van der Waals surface area contributed by atoms with Crippen molar-refractivity contribution in [2.24, 2.45) is 0 Å². The van der Waals surface area contributed by atoms with Gasteiger partial charge in [-0.25, -0.2) is 14.4 Å². The number of rotatable bonds is 27. The third-order valence-corrected chi connectivity index (χ3v) is 17.2. The molecule has 5 aromatic rings. The maximum atomic E-state index is 12.5. The fraction of sp³-hybridized carbons (Fsp3) is 0.296. The van der Waals surface area contributed by atoms with Crippen LogP contribution in [-0.4, -0.2) is 104 Å². The Kier molecular flexibility index (Phi) is 27.0. The van der Waals surface area contributed by atoms with Gasteiger partial charge < -0.3 is 49.3 Å². The van der Waals surface area contributed by atoms with Crippen LogP contribution in [0.15, 0.2) is 210 Å². The summed E-state index contributed by atoms with van der Waals surface area (Å²) >= 11 is 4.81. The second-order valence-electron chi connectivity index (χ2n) is 25.0. The molecule has 0 spiro atoms. The van der Waals surface area contributed by atoms with Crippen LogP contribution in [0.25, 0.3) is 39.5 Å². The molecule has 0 bridgehead atoms. The van der Waals surface area contributed by atoms with Crippen LogP contribution in [0.2, 0.25) is 0 Å². The van der Waals surface area contributed by atoms with Crippen molar-refractivity contribution in [1.82, 2.24) is 16.0 Å². The van der Waals surface area contributed by atoms with Crippen molar-refractivity contribution in [3.05, 3.63) is 250 Å². The molecule has 1 aliphatic carbocycles. The lowest BCUT2D eigenvalue weighted by Crippen LogP contribution is -2.35. The van der Waals surface area contributed by atoms with Gasteiger partial charge in [0.1, 0.15) is 42.6 Å². The van der Waals surface area contributed by atoms with Gasteiger partial charge in [-0.3, -0.25) is 9.59 Å². The number of aromatic carboxylic acids is 1. The predicted octanol–water partition coefficient (Wildman–Crippen LogP) is 15.6. The molecule has 4 N–H and O–H groups in total. The van der Waals surface area contributed by atoms with Gasteiger partial charge in [-0.15, -0.1) is 0 Å².